The maximum Gasteiger partial charge on any atom is 0.0449 e. The Hall–Kier alpha value is -1.28. The van der Waals surface area contributed by atoms with Gasteiger partial charge in [0.15, 0.2) is 0 Å². The molecule has 0 N–H and O–H groups in total. The molecule has 2 heteroatoms. The first-order valence-corrected chi connectivity index (χ1v) is 7.61. The lowest BCUT2D eigenvalue weighted by atomic mass is 10.1. The summed E-state index contributed by atoms with van der Waals surface area (Å²) in [6, 6.07) is 13.2. The van der Waals surface area contributed by atoms with Crippen LogP contribution in [0.2, 0.25) is 0 Å². The van der Waals surface area contributed by atoms with Gasteiger partial charge in [-0.3, -0.25) is 0 Å². The molecule has 19 heavy (non-hydrogen) atoms. The molecule has 0 saturated carbocycles. The summed E-state index contributed by atoms with van der Waals surface area (Å²) in [6.07, 6.45) is 0. The first-order valence-electron chi connectivity index (χ1n) is 6.49. The van der Waals surface area contributed by atoms with E-state index in [0.717, 1.165) is 5.33 Å². The van der Waals surface area contributed by atoms with Crippen LogP contribution in [0, 0.1) is 20.8 Å². The third-order valence-corrected chi connectivity index (χ3v) is 4.06. The maximum absolute atomic E-state index is 3.59. The highest BCUT2D eigenvalue weighted by molar-refractivity contribution is 9.08. The van der Waals surface area contributed by atoms with Crippen LogP contribution in [-0.4, -0.2) is 7.05 Å². The Labute approximate surface area is 124 Å². The predicted molar refractivity (Wildman–Crippen MR) is 87.8 cm³/mol. The normalized spacial score (nSPS) is 10.6. The van der Waals surface area contributed by atoms with Gasteiger partial charge in [-0.05, 0) is 44.0 Å². The van der Waals surface area contributed by atoms with Crippen molar-refractivity contribution in [2.45, 2.75) is 26.1 Å². The zero-order valence-corrected chi connectivity index (χ0v) is 13.6. The Morgan fingerprint density at radius 1 is 0.895 bits per heavy atom. The molecule has 0 spiro atoms. The minimum atomic E-state index is 0.874. The number of alkyl halides is 1. The van der Waals surface area contributed by atoms with Crippen LogP contribution >= 0.6 is 15.9 Å². The van der Waals surface area contributed by atoms with Gasteiger partial charge in [-0.2, -0.15) is 0 Å². The molecule has 0 radical (unpaired) electrons. The Morgan fingerprint density at radius 3 is 2.05 bits per heavy atom. The number of hydrogen-bond acceptors (Lipinski definition) is 1. The van der Waals surface area contributed by atoms with E-state index in [0.29, 0.717) is 0 Å². The number of rotatable bonds is 3. The topological polar surface area (TPSA) is 3.24 Å². The fraction of sp³-hybridized carbons (Fsp3) is 0.294. The molecule has 2 aromatic carbocycles. The van der Waals surface area contributed by atoms with Gasteiger partial charge in [0.05, 0.1) is 0 Å². The summed E-state index contributed by atoms with van der Waals surface area (Å²) in [5.74, 6) is 0. The van der Waals surface area contributed by atoms with Crippen molar-refractivity contribution in [2.75, 3.05) is 11.9 Å². The number of benzene rings is 2. The quantitative estimate of drug-likeness (QED) is 0.696. The highest BCUT2D eigenvalue weighted by Crippen LogP contribution is 2.31. The fourth-order valence-corrected chi connectivity index (χ4v) is 2.91. The molecular weight excluding hydrogens is 298 g/mol. The standard InChI is InChI=1S/C17H20BrN/c1-12-5-7-16(14(3)9-12)19(4)17-8-6-13(2)10-15(17)11-18/h5-10H,11H2,1-4H3. The SMILES string of the molecule is Cc1ccc(N(C)c2ccc(C)cc2CBr)c(C)c1. The van der Waals surface area contributed by atoms with Crippen LogP contribution in [0.3, 0.4) is 0 Å². The van der Waals surface area contributed by atoms with E-state index < -0.39 is 0 Å². The minimum absolute atomic E-state index is 0.874. The largest absolute Gasteiger partial charge is 0.344 e. The van der Waals surface area contributed by atoms with Crippen LogP contribution in [-0.2, 0) is 5.33 Å². The summed E-state index contributed by atoms with van der Waals surface area (Å²) in [4.78, 5) is 2.27. The van der Waals surface area contributed by atoms with Crippen LogP contribution in [0.25, 0.3) is 0 Å². The molecule has 0 aromatic heterocycles. The Balaban J connectivity index is 2.46. The second kappa shape index (κ2) is 5.79. The van der Waals surface area contributed by atoms with Crippen LogP contribution in [0.15, 0.2) is 36.4 Å². The first kappa shape index (κ1) is 14.1. The van der Waals surface area contributed by atoms with Crippen molar-refractivity contribution in [1.82, 2.24) is 0 Å². The molecular formula is C17H20BrN. The minimum Gasteiger partial charge on any atom is -0.344 e. The second-order valence-corrected chi connectivity index (χ2v) is 5.68. The van der Waals surface area contributed by atoms with Crippen LogP contribution in [0.1, 0.15) is 22.3 Å². The Kier molecular flexibility index (Phi) is 4.31. The van der Waals surface area contributed by atoms with E-state index in [1.54, 1.807) is 0 Å². The molecule has 0 aliphatic rings. The highest BCUT2D eigenvalue weighted by Gasteiger charge is 2.11. The van der Waals surface area contributed by atoms with Crippen molar-refractivity contribution in [1.29, 1.82) is 0 Å². The molecule has 1 nitrogen and oxygen atoms in total. The fourth-order valence-electron chi connectivity index (χ4n) is 2.46. The van der Waals surface area contributed by atoms with E-state index in [4.69, 9.17) is 0 Å². The van der Waals surface area contributed by atoms with Gasteiger partial charge >= 0.3 is 0 Å². The number of halogens is 1. The van der Waals surface area contributed by atoms with Gasteiger partial charge in [0.1, 0.15) is 0 Å². The van der Waals surface area contributed by atoms with E-state index in [1.165, 1.54) is 33.6 Å². The van der Waals surface area contributed by atoms with Gasteiger partial charge in [0, 0.05) is 23.8 Å². The summed E-state index contributed by atoms with van der Waals surface area (Å²) in [7, 11) is 2.13. The van der Waals surface area contributed by atoms with Gasteiger partial charge in [-0.1, -0.05) is 51.3 Å². The summed E-state index contributed by atoms with van der Waals surface area (Å²) in [5.41, 5.74) is 7.75. The van der Waals surface area contributed by atoms with Crippen LogP contribution in [0.4, 0.5) is 11.4 Å². The van der Waals surface area contributed by atoms with Crippen molar-refractivity contribution in [2.24, 2.45) is 0 Å². The molecule has 0 saturated heterocycles. The number of anilines is 2. The van der Waals surface area contributed by atoms with E-state index in [-0.39, 0.29) is 0 Å². The predicted octanol–water partition coefficient (Wildman–Crippen LogP) is 5.27. The Morgan fingerprint density at radius 2 is 1.47 bits per heavy atom. The average Bonchev–Trinajstić information content (AvgIpc) is 2.37. The van der Waals surface area contributed by atoms with E-state index in [9.17, 15) is 0 Å². The molecule has 0 fully saturated rings. The highest BCUT2D eigenvalue weighted by atomic mass is 79.9. The van der Waals surface area contributed by atoms with Crippen molar-refractivity contribution >= 4 is 27.3 Å². The van der Waals surface area contributed by atoms with E-state index >= 15 is 0 Å². The van der Waals surface area contributed by atoms with Crippen LogP contribution in [0.5, 0.6) is 0 Å². The van der Waals surface area contributed by atoms with Crippen molar-refractivity contribution in [3.05, 3.63) is 58.7 Å². The van der Waals surface area contributed by atoms with E-state index in [2.05, 4.69) is 85.0 Å². The smallest absolute Gasteiger partial charge is 0.0449 e. The Bertz CT molecular complexity index is 590. The van der Waals surface area contributed by atoms with Crippen molar-refractivity contribution in [3.8, 4) is 0 Å². The lowest BCUT2D eigenvalue weighted by Crippen LogP contribution is -2.13. The maximum atomic E-state index is 3.59. The van der Waals surface area contributed by atoms with Crippen LogP contribution < -0.4 is 4.90 Å². The molecule has 0 bridgehead atoms. The van der Waals surface area contributed by atoms with Gasteiger partial charge < -0.3 is 4.90 Å². The third-order valence-electron chi connectivity index (χ3n) is 3.45. The van der Waals surface area contributed by atoms with Gasteiger partial charge in [-0.25, -0.2) is 0 Å². The molecule has 100 valence electrons. The number of nitrogens with zero attached hydrogens (tertiary/aromatic N) is 1. The zero-order chi connectivity index (χ0) is 14.0. The average molecular weight is 318 g/mol. The molecule has 0 unspecified atom stereocenters. The van der Waals surface area contributed by atoms with E-state index in [1.807, 2.05) is 0 Å². The molecule has 0 heterocycles. The molecule has 2 aromatic rings. The number of aryl methyl sites for hydroxylation is 3. The third kappa shape index (κ3) is 3.01. The lowest BCUT2D eigenvalue weighted by Gasteiger charge is -2.24. The number of hydrogen-bond donors (Lipinski definition) is 0. The first-order chi connectivity index (χ1) is 9.02. The van der Waals surface area contributed by atoms with Crippen molar-refractivity contribution < 1.29 is 0 Å². The lowest BCUT2D eigenvalue weighted by molar-refractivity contribution is 1.15. The molecule has 2 rings (SSSR count). The van der Waals surface area contributed by atoms with Gasteiger partial charge in [0.25, 0.3) is 0 Å². The van der Waals surface area contributed by atoms with Gasteiger partial charge in [-0.15, -0.1) is 0 Å². The monoisotopic (exact) mass is 317 g/mol. The molecule has 0 aliphatic carbocycles. The van der Waals surface area contributed by atoms with Gasteiger partial charge in [0.2, 0.25) is 0 Å². The van der Waals surface area contributed by atoms with Crippen molar-refractivity contribution in [3.63, 3.8) is 0 Å². The molecule has 0 atom stereocenters. The second-order valence-electron chi connectivity index (χ2n) is 5.11. The summed E-state index contributed by atoms with van der Waals surface area (Å²) in [5, 5.41) is 0.874. The molecule has 0 amide bonds. The molecule has 0 aliphatic heterocycles. The summed E-state index contributed by atoms with van der Waals surface area (Å²) in [6.45, 7) is 6.43. The summed E-state index contributed by atoms with van der Waals surface area (Å²) < 4.78 is 0. The summed E-state index contributed by atoms with van der Waals surface area (Å²) >= 11 is 3.59. The zero-order valence-electron chi connectivity index (χ0n) is 12.0.